The van der Waals surface area contributed by atoms with E-state index in [1.807, 2.05) is 0 Å². The maximum absolute atomic E-state index is 11.6. The van der Waals surface area contributed by atoms with Gasteiger partial charge >= 0.3 is 6.03 Å². The van der Waals surface area contributed by atoms with Crippen molar-refractivity contribution in [2.75, 3.05) is 45.8 Å². The van der Waals surface area contributed by atoms with E-state index in [4.69, 9.17) is 0 Å². The van der Waals surface area contributed by atoms with Crippen LogP contribution in [0.2, 0.25) is 0 Å². The zero-order chi connectivity index (χ0) is 10.7. The number of carbonyl (C=O) groups excluding carboxylic acids is 1. The minimum atomic E-state index is -0.732. The smallest absolute Gasteiger partial charge is 0.317 e. The number of nitrogens with zero attached hydrogens (tertiary/aromatic N) is 1. The first kappa shape index (κ1) is 10.7. The van der Waals surface area contributed by atoms with Gasteiger partial charge in [-0.3, -0.25) is 0 Å². The highest BCUT2D eigenvalue weighted by Crippen LogP contribution is 2.08. The summed E-state index contributed by atoms with van der Waals surface area (Å²) in [6, 6.07) is -0.0724. The van der Waals surface area contributed by atoms with Crippen LogP contribution in [0.4, 0.5) is 4.79 Å². The van der Waals surface area contributed by atoms with Crippen molar-refractivity contribution >= 4 is 6.03 Å². The predicted molar refractivity (Wildman–Crippen MR) is 55.7 cm³/mol. The quantitative estimate of drug-likeness (QED) is 0.426. The number of piperazine rings is 1. The molecule has 86 valence electrons. The van der Waals surface area contributed by atoms with Crippen LogP contribution in [0.15, 0.2) is 0 Å². The van der Waals surface area contributed by atoms with E-state index < -0.39 is 5.60 Å². The van der Waals surface area contributed by atoms with Crippen molar-refractivity contribution in [1.29, 1.82) is 0 Å². The van der Waals surface area contributed by atoms with Gasteiger partial charge in [0, 0.05) is 39.3 Å². The van der Waals surface area contributed by atoms with Crippen molar-refractivity contribution in [2.24, 2.45) is 0 Å². The lowest BCUT2D eigenvalue weighted by Crippen LogP contribution is -2.65. The largest absolute Gasteiger partial charge is 0.385 e. The number of nitrogens with one attached hydrogen (secondary N) is 3. The van der Waals surface area contributed by atoms with E-state index in [1.54, 1.807) is 4.90 Å². The summed E-state index contributed by atoms with van der Waals surface area (Å²) in [5, 5.41) is 18.7. The molecule has 4 N–H and O–H groups in total. The van der Waals surface area contributed by atoms with E-state index in [2.05, 4.69) is 16.0 Å². The van der Waals surface area contributed by atoms with E-state index in [0.29, 0.717) is 19.6 Å². The van der Waals surface area contributed by atoms with Gasteiger partial charge in [-0.15, -0.1) is 0 Å². The van der Waals surface area contributed by atoms with E-state index in [0.717, 1.165) is 26.2 Å². The fourth-order valence-corrected chi connectivity index (χ4v) is 1.76. The molecule has 15 heavy (non-hydrogen) atoms. The molecule has 2 aliphatic rings. The first-order chi connectivity index (χ1) is 7.20. The van der Waals surface area contributed by atoms with Crippen molar-refractivity contribution in [2.45, 2.75) is 5.60 Å². The third kappa shape index (κ3) is 2.58. The highest BCUT2D eigenvalue weighted by atomic mass is 16.3. The first-order valence-electron chi connectivity index (χ1n) is 5.36. The third-order valence-electron chi connectivity index (χ3n) is 2.88. The van der Waals surface area contributed by atoms with Crippen LogP contribution in [0.25, 0.3) is 0 Å². The number of hydrogen-bond donors (Lipinski definition) is 4. The minimum Gasteiger partial charge on any atom is -0.385 e. The minimum absolute atomic E-state index is 0.0724. The van der Waals surface area contributed by atoms with Gasteiger partial charge in [-0.05, 0) is 0 Å². The van der Waals surface area contributed by atoms with E-state index in [9.17, 15) is 9.90 Å². The molecule has 6 heteroatoms. The van der Waals surface area contributed by atoms with Crippen molar-refractivity contribution in [3.8, 4) is 0 Å². The van der Waals surface area contributed by atoms with Gasteiger partial charge < -0.3 is 26.0 Å². The van der Waals surface area contributed by atoms with Crippen molar-refractivity contribution in [3.05, 3.63) is 0 Å². The molecule has 0 aromatic heterocycles. The Bertz CT molecular complexity index is 236. The average molecular weight is 214 g/mol. The molecule has 2 rings (SSSR count). The molecule has 2 fully saturated rings. The van der Waals surface area contributed by atoms with E-state index >= 15 is 0 Å². The molecule has 6 nitrogen and oxygen atoms in total. The lowest BCUT2D eigenvalue weighted by atomic mass is 9.98. The Balaban J connectivity index is 1.71. The van der Waals surface area contributed by atoms with Crippen LogP contribution in [0, 0.1) is 0 Å². The van der Waals surface area contributed by atoms with Gasteiger partial charge in [0.2, 0.25) is 0 Å². The normalized spacial score (nSPS) is 24.5. The summed E-state index contributed by atoms with van der Waals surface area (Å²) >= 11 is 0. The summed E-state index contributed by atoms with van der Waals surface area (Å²) in [7, 11) is 0. The van der Waals surface area contributed by atoms with Crippen molar-refractivity contribution in [3.63, 3.8) is 0 Å². The maximum Gasteiger partial charge on any atom is 0.317 e. The summed E-state index contributed by atoms with van der Waals surface area (Å²) in [5.74, 6) is 0. The Morgan fingerprint density at radius 3 is 2.53 bits per heavy atom. The van der Waals surface area contributed by atoms with Gasteiger partial charge in [-0.2, -0.15) is 0 Å². The molecule has 0 saturated carbocycles. The van der Waals surface area contributed by atoms with Gasteiger partial charge in [0.25, 0.3) is 0 Å². The van der Waals surface area contributed by atoms with Gasteiger partial charge in [0.15, 0.2) is 0 Å². The van der Waals surface area contributed by atoms with Gasteiger partial charge in [0.1, 0.15) is 5.60 Å². The molecule has 2 saturated heterocycles. The van der Waals surface area contributed by atoms with Gasteiger partial charge in [-0.1, -0.05) is 0 Å². The highest BCUT2D eigenvalue weighted by molar-refractivity contribution is 5.74. The van der Waals surface area contributed by atoms with E-state index in [1.165, 1.54) is 0 Å². The molecule has 2 amide bonds. The van der Waals surface area contributed by atoms with Crippen LogP contribution >= 0.6 is 0 Å². The molecular formula is C9H18N4O2. The molecule has 0 bridgehead atoms. The van der Waals surface area contributed by atoms with Crippen molar-refractivity contribution in [1.82, 2.24) is 20.9 Å². The molecular weight excluding hydrogens is 196 g/mol. The fourth-order valence-electron chi connectivity index (χ4n) is 1.76. The molecule has 0 spiro atoms. The summed E-state index contributed by atoms with van der Waals surface area (Å²) in [6.45, 7) is 4.63. The lowest BCUT2D eigenvalue weighted by molar-refractivity contribution is -0.00703. The zero-order valence-electron chi connectivity index (χ0n) is 8.75. The molecule has 0 atom stereocenters. The van der Waals surface area contributed by atoms with Crippen LogP contribution in [0.1, 0.15) is 0 Å². The van der Waals surface area contributed by atoms with Crippen LogP contribution in [0.3, 0.4) is 0 Å². The number of hydrogen-bond acceptors (Lipinski definition) is 4. The molecule has 0 unspecified atom stereocenters. The molecule has 2 aliphatic heterocycles. The van der Waals surface area contributed by atoms with Crippen LogP contribution in [-0.4, -0.2) is 67.5 Å². The second kappa shape index (κ2) is 4.34. The number of amides is 2. The lowest BCUT2D eigenvalue weighted by Gasteiger charge is -2.38. The molecule has 0 aromatic carbocycles. The third-order valence-corrected chi connectivity index (χ3v) is 2.88. The van der Waals surface area contributed by atoms with Crippen LogP contribution in [0.5, 0.6) is 0 Å². The predicted octanol–water partition coefficient (Wildman–Crippen LogP) is -2.06. The molecule has 0 aliphatic carbocycles. The molecule has 0 radical (unpaired) electrons. The van der Waals surface area contributed by atoms with Crippen LogP contribution < -0.4 is 16.0 Å². The summed E-state index contributed by atoms with van der Waals surface area (Å²) in [4.78, 5) is 13.4. The number of urea groups is 1. The average Bonchev–Trinajstić information content (AvgIpc) is 2.24. The molecule has 2 heterocycles. The first-order valence-corrected chi connectivity index (χ1v) is 5.36. The summed E-state index contributed by atoms with van der Waals surface area (Å²) in [6.07, 6.45) is 0. The Kier molecular flexibility index (Phi) is 3.08. The van der Waals surface area contributed by atoms with Gasteiger partial charge in [-0.25, -0.2) is 4.79 Å². The Morgan fingerprint density at radius 1 is 1.33 bits per heavy atom. The number of rotatable bonds is 2. The fraction of sp³-hybridized carbons (Fsp3) is 0.889. The highest BCUT2D eigenvalue weighted by Gasteiger charge is 2.34. The maximum atomic E-state index is 11.6. The Morgan fingerprint density at radius 2 is 2.00 bits per heavy atom. The monoisotopic (exact) mass is 214 g/mol. The number of aliphatic hydroxyl groups is 1. The van der Waals surface area contributed by atoms with Gasteiger partial charge in [0.05, 0.1) is 6.54 Å². The zero-order valence-corrected chi connectivity index (χ0v) is 8.75. The SMILES string of the molecule is O=C(NCC1(O)CNC1)N1CCNCC1. The number of β-amino-alcohol motifs (C(OH)–C–C–N with tert-alkyl or cyclic N) is 1. The second-order valence-corrected chi connectivity index (χ2v) is 4.22. The topological polar surface area (TPSA) is 76.6 Å². The van der Waals surface area contributed by atoms with Crippen LogP contribution in [-0.2, 0) is 0 Å². The summed E-state index contributed by atoms with van der Waals surface area (Å²) in [5.41, 5.74) is -0.732. The Labute approximate surface area is 89.0 Å². The Hall–Kier alpha value is -0.850. The summed E-state index contributed by atoms with van der Waals surface area (Å²) < 4.78 is 0. The standard InChI is InChI=1S/C9H18N4O2/c14-8(13-3-1-10-2-4-13)12-7-9(15)5-11-6-9/h10-11,15H,1-7H2,(H,12,14). The number of carbonyl (C=O) groups is 1. The second-order valence-electron chi connectivity index (χ2n) is 4.22. The molecule has 0 aromatic rings. The van der Waals surface area contributed by atoms with Crippen molar-refractivity contribution < 1.29 is 9.90 Å². The van der Waals surface area contributed by atoms with E-state index in [-0.39, 0.29) is 6.03 Å².